The van der Waals surface area contributed by atoms with Crippen molar-refractivity contribution in [3.05, 3.63) is 47.8 Å². The Balaban J connectivity index is 1.44. The highest BCUT2D eigenvalue weighted by atomic mass is 16.2. The van der Waals surface area contributed by atoms with E-state index in [9.17, 15) is 4.79 Å². The highest BCUT2D eigenvalue weighted by Gasteiger charge is 2.25. The first kappa shape index (κ1) is 21.6. The summed E-state index contributed by atoms with van der Waals surface area (Å²) < 4.78 is 0. The monoisotopic (exact) mass is 444 g/mol. The number of nitrogens with one attached hydrogen (secondary N) is 2. The fourth-order valence-electron chi connectivity index (χ4n) is 5.11. The zero-order chi connectivity index (χ0) is 23.1. The number of aromatic amines is 2. The predicted octanol–water partition coefficient (Wildman–Crippen LogP) is 4.50. The van der Waals surface area contributed by atoms with Crippen molar-refractivity contribution in [2.24, 2.45) is 0 Å². The second-order valence-electron chi connectivity index (χ2n) is 9.79. The molecule has 0 saturated carbocycles. The molecule has 0 spiro atoms. The van der Waals surface area contributed by atoms with E-state index >= 15 is 0 Å². The van der Waals surface area contributed by atoms with Crippen LogP contribution in [0.4, 0.5) is 0 Å². The fourth-order valence-corrected chi connectivity index (χ4v) is 5.11. The molecule has 2 N–H and O–H groups in total. The molecule has 0 atom stereocenters. The van der Waals surface area contributed by atoms with E-state index in [1.54, 1.807) is 6.20 Å². The zero-order valence-electron chi connectivity index (χ0n) is 19.9. The number of hydrogen-bond acceptors (Lipinski definition) is 4. The molecular weight excluding hydrogens is 412 g/mol. The Labute approximate surface area is 194 Å². The number of amides is 1. The second-order valence-corrected chi connectivity index (χ2v) is 9.79. The number of H-pyrrole nitrogens is 2. The third kappa shape index (κ3) is 4.13. The van der Waals surface area contributed by atoms with Crippen LogP contribution in [0.3, 0.4) is 0 Å². The number of carbonyl (C=O) groups excluding carboxylic acids is 1. The Kier molecular flexibility index (Phi) is 5.66. The minimum absolute atomic E-state index is 0.231. The van der Waals surface area contributed by atoms with Crippen molar-refractivity contribution in [1.29, 1.82) is 0 Å². The molecule has 172 valence electrons. The van der Waals surface area contributed by atoms with Crippen molar-refractivity contribution in [2.45, 2.75) is 38.5 Å². The molecule has 4 aromatic rings. The predicted molar refractivity (Wildman–Crippen MR) is 132 cm³/mol. The molecule has 1 saturated heterocycles. The quantitative estimate of drug-likeness (QED) is 0.475. The lowest BCUT2D eigenvalue weighted by Crippen LogP contribution is -2.42. The maximum absolute atomic E-state index is 12.4. The summed E-state index contributed by atoms with van der Waals surface area (Å²) in [6, 6.07) is 8.96. The summed E-state index contributed by atoms with van der Waals surface area (Å²) in [6.45, 7) is 6.65. The Hall–Kier alpha value is -3.19. The molecule has 0 aliphatic carbocycles. The van der Waals surface area contributed by atoms with Crippen LogP contribution in [0.5, 0.6) is 0 Å². The molecule has 4 heterocycles. The molecule has 0 bridgehead atoms. The number of hydrogen-bond donors (Lipinski definition) is 2. The van der Waals surface area contributed by atoms with Gasteiger partial charge in [0.1, 0.15) is 5.52 Å². The van der Waals surface area contributed by atoms with Gasteiger partial charge in [-0.3, -0.25) is 14.9 Å². The number of likely N-dealkylation sites (tertiary alicyclic amines) is 1. The van der Waals surface area contributed by atoms with Gasteiger partial charge in [-0.1, -0.05) is 19.9 Å². The second kappa shape index (κ2) is 8.63. The lowest BCUT2D eigenvalue weighted by molar-refractivity contribution is -0.132. The number of fused-ring (bicyclic) bond motifs is 2. The topological polar surface area (TPSA) is 80.9 Å². The molecule has 1 aromatic carbocycles. The van der Waals surface area contributed by atoms with Crippen LogP contribution in [0, 0.1) is 0 Å². The van der Waals surface area contributed by atoms with E-state index in [-0.39, 0.29) is 5.91 Å². The SMILES string of the molecule is CC(C)c1c(-c2cnc3cn[nH]c3c2)[nH]c2ccc(C3CCN(C(=O)CN(C)C)CC3)cc12. The molecule has 5 rings (SSSR count). The van der Waals surface area contributed by atoms with Crippen LogP contribution in [0.15, 0.2) is 36.7 Å². The van der Waals surface area contributed by atoms with Crippen LogP contribution < -0.4 is 0 Å². The van der Waals surface area contributed by atoms with Gasteiger partial charge < -0.3 is 14.8 Å². The van der Waals surface area contributed by atoms with E-state index in [1.807, 2.05) is 30.1 Å². The van der Waals surface area contributed by atoms with Gasteiger partial charge in [0.2, 0.25) is 5.91 Å². The van der Waals surface area contributed by atoms with Crippen LogP contribution in [0.2, 0.25) is 0 Å². The van der Waals surface area contributed by atoms with Gasteiger partial charge in [-0.15, -0.1) is 0 Å². The van der Waals surface area contributed by atoms with Gasteiger partial charge in [0.25, 0.3) is 0 Å². The molecule has 1 amide bonds. The smallest absolute Gasteiger partial charge is 0.236 e. The average Bonchev–Trinajstić information content (AvgIpc) is 3.42. The normalized spacial score (nSPS) is 15.4. The van der Waals surface area contributed by atoms with Crippen molar-refractivity contribution < 1.29 is 4.79 Å². The van der Waals surface area contributed by atoms with Gasteiger partial charge in [0, 0.05) is 35.8 Å². The Morgan fingerprint density at radius 1 is 1.15 bits per heavy atom. The molecule has 1 fully saturated rings. The Morgan fingerprint density at radius 2 is 1.94 bits per heavy atom. The van der Waals surface area contributed by atoms with E-state index in [2.05, 4.69) is 58.3 Å². The first-order valence-electron chi connectivity index (χ1n) is 11.8. The number of pyridine rings is 1. The molecule has 3 aromatic heterocycles. The van der Waals surface area contributed by atoms with Crippen LogP contribution in [0.1, 0.15) is 49.7 Å². The first-order valence-corrected chi connectivity index (χ1v) is 11.8. The average molecular weight is 445 g/mol. The minimum atomic E-state index is 0.231. The Morgan fingerprint density at radius 3 is 2.67 bits per heavy atom. The molecule has 0 unspecified atom stereocenters. The molecule has 33 heavy (non-hydrogen) atoms. The summed E-state index contributed by atoms with van der Waals surface area (Å²) in [5, 5.41) is 8.42. The van der Waals surface area contributed by atoms with Crippen molar-refractivity contribution in [3.63, 3.8) is 0 Å². The van der Waals surface area contributed by atoms with E-state index in [1.165, 1.54) is 16.5 Å². The van der Waals surface area contributed by atoms with Crippen LogP contribution in [0.25, 0.3) is 33.2 Å². The van der Waals surface area contributed by atoms with E-state index < -0.39 is 0 Å². The third-order valence-corrected chi connectivity index (χ3v) is 6.79. The molecule has 0 radical (unpaired) electrons. The number of rotatable bonds is 5. The van der Waals surface area contributed by atoms with Gasteiger partial charge in [0.15, 0.2) is 0 Å². The molecule has 7 nitrogen and oxygen atoms in total. The standard InChI is InChI=1S/C26H32N6O/c1-16(2)25-20-11-18(17-7-9-32(10-8-17)24(33)15-31(3)4)5-6-21(20)29-26(25)19-12-22-23(27-13-19)14-28-30-22/h5-6,11-14,16-17,29H,7-10,15H2,1-4H3,(H,28,30). The summed E-state index contributed by atoms with van der Waals surface area (Å²) in [5.41, 5.74) is 7.87. The summed E-state index contributed by atoms with van der Waals surface area (Å²) in [5.74, 6) is 1.08. The van der Waals surface area contributed by atoms with E-state index in [0.29, 0.717) is 18.4 Å². The summed E-state index contributed by atoms with van der Waals surface area (Å²) >= 11 is 0. The van der Waals surface area contributed by atoms with Crippen LogP contribution >= 0.6 is 0 Å². The maximum Gasteiger partial charge on any atom is 0.236 e. The van der Waals surface area contributed by atoms with Gasteiger partial charge in [-0.25, -0.2) is 0 Å². The highest BCUT2D eigenvalue weighted by Crippen LogP contribution is 2.38. The van der Waals surface area contributed by atoms with Gasteiger partial charge in [0.05, 0.1) is 24.0 Å². The molecule has 1 aliphatic rings. The van der Waals surface area contributed by atoms with Gasteiger partial charge in [-0.2, -0.15) is 5.10 Å². The minimum Gasteiger partial charge on any atom is -0.354 e. The van der Waals surface area contributed by atoms with Crippen molar-refractivity contribution >= 4 is 27.8 Å². The fraction of sp³-hybridized carbons (Fsp3) is 0.423. The molecule has 1 aliphatic heterocycles. The van der Waals surface area contributed by atoms with Gasteiger partial charge in [-0.05, 0) is 68.1 Å². The zero-order valence-corrected chi connectivity index (χ0v) is 19.9. The van der Waals surface area contributed by atoms with Crippen molar-refractivity contribution in [1.82, 2.24) is 30.0 Å². The summed E-state index contributed by atoms with van der Waals surface area (Å²) in [6.07, 6.45) is 5.70. The number of carbonyl (C=O) groups is 1. The maximum atomic E-state index is 12.4. The number of benzene rings is 1. The van der Waals surface area contributed by atoms with Crippen molar-refractivity contribution in [3.8, 4) is 11.3 Å². The lowest BCUT2D eigenvalue weighted by atomic mass is 9.87. The number of nitrogens with zero attached hydrogens (tertiary/aromatic N) is 4. The van der Waals surface area contributed by atoms with Crippen molar-refractivity contribution in [2.75, 3.05) is 33.7 Å². The summed E-state index contributed by atoms with van der Waals surface area (Å²) in [7, 11) is 3.89. The number of aromatic nitrogens is 4. The lowest BCUT2D eigenvalue weighted by Gasteiger charge is -2.33. The number of piperidine rings is 1. The summed E-state index contributed by atoms with van der Waals surface area (Å²) in [4.78, 5) is 24.6. The van der Waals surface area contributed by atoms with Crippen LogP contribution in [-0.4, -0.2) is 69.6 Å². The third-order valence-electron chi connectivity index (χ3n) is 6.79. The van der Waals surface area contributed by atoms with Gasteiger partial charge >= 0.3 is 0 Å². The molecular formula is C26H32N6O. The molecule has 7 heteroatoms. The first-order chi connectivity index (χ1) is 15.9. The largest absolute Gasteiger partial charge is 0.354 e. The highest BCUT2D eigenvalue weighted by molar-refractivity contribution is 5.93. The van der Waals surface area contributed by atoms with E-state index in [0.717, 1.165) is 53.7 Å². The Bertz CT molecular complexity index is 1290. The number of likely N-dealkylation sites (N-methyl/N-ethyl adjacent to an activating group) is 1. The van der Waals surface area contributed by atoms with E-state index in [4.69, 9.17) is 0 Å². The van der Waals surface area contributed by atoms with Crippen LogP contribution in [-0.2, 0) is 4.79 Å².